The van der Waals surface area contributed by atoms with Crippen LogP contribution in [0.1, 0.15) is 10.4 Å². The maximum Gasteiger partial charge on any atom is 0.340 e. The molecule has 0 aliphatic heterocycles. The maximum absolute atomic E-state index is 11.3. The molecule has 0 spiro atoms. The van der Waals surface area contributed by atoms with Crippen LogP contribution in [0.25, 0.3) is 21.7 Å². The molecule has 2 aromatic carbocycles. The number of hydrogen-bond acceptors (Lipinski definition) is 4. The molecule has 5 nitrogen and oxygen atoms in total. The summed E-state index contributed by atoms with van der Waals surface area (Å²) < 4.78 is 5.09. The fourth-order valence-electron chi connectivity index (χ4n) is 2.18. The highest BCUT2D eigenvalue weighted by atomic mass is 16.4. The topological polar surface area (TPSA) is 87.7 Å². The van der Waals surface area contributed by atoms with Gasteiger partial charge in [-0.2, -0.15) is 0 Å². The molecule has 0 saturated heterocycles. The van der Waals surface area contributed by atoms with E-state index in [0.29, 0.717) is 10.8 Å². The molecule has 0 unspecified atom stereocenters. The second-order valence-electron chi connectivity index (χ2n) is 4.07. The molecule has 3 aromatic rings. The molecular weight excluding hydrogens is 248 g/mol. The quantitative estimate of drug-likeness (QED) is 0.515. The van der Waals surface area contributed by atoms with E-state index in [9.17, 15) is 19.8 Å². The fourth-order valence-corrected chi connectivity index (χ4v) is 2.18. The van der Waals surface area contributed by atoms with E-state index in [2.05, 4.69) is 0 Å². The molecule has 1 aromatic heterocycles. The van der Waals surface area contributed by atoms with Gasteiger partial charge in [0.1, 0.15) is 16.9 Å². The monoisotopic (exact) mass is 256 g/mol. The predicted molar refractivity (Wildman–Crippen MR) is 68.6 cm³/mol. The number of carboxylic acid groups (broad SMARTS) is 1. The van der Waals surface area contributed by atoms with Crippen molar-refractivity contribution in [2.75, 3.05) is 0 Å². The molecule has 2 N–H and O–H groups in total. The Kier molecular flexibility index (Phi) is 2.28. The van der Waals surface area contributed by atoms with Crippen LogP contribution in [0.15, 0.2) is 45.6 Å². The third-order valence-electron chi connectivity index (χ3n) is 2.98. The lowest BCUT2D eigenvalue weighted by Gasteiger charge is -2.08. The van der Waals surface area contributed by atoms with Gasteiger partial charge in [-0.1, -0.05) is 24.3 Å². The smallest absolute Gasteiger partial charge is 0.340 e. The van der Waals surface area contributed by atoms with Gasteiger partial charge >= 0.3 is 11.6 Å². The van der Waals surface area contributed by atoms with Gasteiger partial charge in [0.2, 0.25) is 0 Å². The third kappa shape index (κ3) is 1.55. The molecule has 19 heavy (non-hydrogen) atoms. The van der Waals surface area contributed by atoms with Crippen molar-refractivity contribution < 1.29 is 19.4 Å². The van der Waals surface area contributed by atoms with Crippen LogP contribution in [0, 0.1) is 0 Å². The van der Waals surface area contributed by atoms with Crippen molar-refractivity contribution in [2.45, 2.75) is 0 Å². The third-order valence-corrected chi connectivity index (χ3v) is 2.98. The van der Waals surface area contributed by atoms with E-state index >= 15 is 0 Å². The van der Waals surface area contributed by atoms with Crippen molar-refractivity contribution in [3.8, 4) is 5.75 Å². The Morgan fingerprint density at radius 1 is 1.00 bits per heavy atom. The first-order chi connectivity index (χ1) is 9.09. The van der Waals surface area contributed by atoms with Crippen LogP contribution in [-0.4, -0.2) is 16.2 Å². The summed E-state index contributed by atoms with van der Waals surface area (Å²) in [5, 5.41) is 20.3. The summed E-state index contributed by atoms with van der Waals surface area (Å²) in [7, 11) is 0. The van der Waals surface area contributed by atoms with Crippen LogP contribution < -0.4 is 5.63 Å². The highest BCUT2D eigenvalue weighted by molar-refractivity contribution is 6.16. The van der Waals surface area contributed by atoms with E-state index in [1.807, 2.05) is 0 Å². The van der Waals surface area contributed by atoms with Crippen molar-refractivity contribution >= 4 is 27.7 Å². The lowest BCUT2D eigenvalue weighted by molar-refractivity contribution is 0.0696. The Bertz CT molecular complexity index is 876. The Balaban J connectivity index is 2.70. The largest absolute Gasteiger partial charge is 0.506 e. The number of phenols is 1. The Morgan fingerprint density at radius 3 is 2.37 bits per heavy atom. The molecule has 94 valence electrons. The molecule has 0 atom stereocenters. The lowest BCUT2D eigenvalue weighted by Crippen LogP contribution is -2.02. The van der Waals surface area contributed by atoms with Gasteiger partial charge in [-0.05, 0) is 6.07 Å². The first-order valence-corrected chi connectivity index (χ1v) is 5.50. The first kappa shape index (κ1) is 11.3. The van der Waals surface area contributed by atoms with Crippen molar-refractivity contribution in [3.05, 3.63) is 52.4 Å². The molecule has 0 fully saturated rings. The number of fused-ring (bicyclic) bond motifs is 3. The van der Waals surface area contributed by atoms with Gasteiger partial charge in [-0.25, -0.2) is 9.59 Å². The molecule has 0 radical (unpaired) electrons. The van der Waals surface area contributed by atoms with Gasteiger partial charge in [0.05, 0.1) is 0 Å². The van der Waals surface area contributed by atoms with Gasteiger partial charge in [-0.15, -0.1) is 0 Å². The number of rotatable bonds is 1. The zero-order valence-corrected chi connectivity index (χ0v) is 9.58. The summed E-state index contributed by atoms with van der Waals surface area (Å²) in [5.41, 5.74) is -0.671. The van der Waals surface area contributed by atoms with Gasteiger partial charge in [0.25, 0.3) is 0 Å². The van der Waals surface area contributed by atoms with Crippen LogP contribution >= 0.6 is 0 Å². The van der Waals surface area contributed by atoms with Gasteiger partial charge in [0.15, 0.2) is 0 Å². The average molecular weight is 256 g/mol. The predicted octanol–water partition coefficient (Wildman–Crippen LogP) is 2.35. The number of hydrogen-bond donors (Lipinski definition) is 2. The minimum Gasteiger partial charge on any atom is -0.506 e. The van der Waals surface area contributed by atoms with Gasteiger partial charge in [0, 0.05) is 22.2 Å². The van der Waals surface area contributed by atoms with Crippen LogP contribution in [-0.2, 0) is 0 Å². The molecular formula is C14H8O5. The zero-order chi connectivity index (χ0) is 13.6. The lowest BCUT2D eigenvalue weighted by atomic mass is 10.0. The van der Waals surface area contributed by atoms with Crippen molar-refractivity contribution in [2.24, 2.45) is 0 Å². The molecule has 0 aliphatic carbocycles. The number of carbonyl (C=O) groups is 1. The van der Waals surface area contributed by atoms with Gasteiger partial charge in [-0.3, -0.25) is 0 Å². The van der Waals surface area contributed by atoms with Gasteiger partial charge < -0.3 is 14.6 Å². The van der Waals surface area contributed by atoms with E-state index < -0.39 is 11.6 Å². The maximum atomic E-state index is 11.3. The van der Waals surface area contributed by atoms with E-state index in [0.717, 1.165) is 6.07 Å². The fraction of sp³-hybridized carbons (Fsp3) is 0. The molecule has 5 heteroatoms. The molecule has 3 rings (SSSR count). The van der Waals surface area contributed by atoms with Crippen LogP contribution in [0.2, 0.25) is 0 Å². The minimum absolute atomic E-state index is 0.165. The summed E-state index contributed by atoms with van der Waals surface area (Å²) in [5.74, 6) is -1.61. The second-order valence-corrected chi connectivity index (χ2v) is 4.07. The van der Waals surface area contributed by atoms with Crippen molar-refractivity contribution in [3.63, 3.8) is 0 Å². The van der Waals surface area contributed by atoms with E-state index in [4.69, 9.17) is 4.42 Å². The van der Waals surface area contributed by atoms with E-state index in [-0.39, 0.29) is 22.3 Å². The highest BCUT2D eigenvalue weighted by Gasteiger charge is 2.20. The zero-order valence-electron chi connectivity index (χ0n) is 9.58. The molecule has 1 heterocycles. The van der Waals surface area contributed by atoms with Crippen molar-refractivity contribution in [1.29, 1.82) is 0 Å². The average Bonchev–Trinajstić information content (AvgIpc) is 2.39. The van der Waals surface area contributed by atoms with E-state index in [1.54, 1.807) is 24.3 Å². The molecule has 0 aliphatic rings. The summed E-state index contributed by atoms with van der Waals surface area (Å²) in [6, 6.07) is 9.09. The normalized spacial score (nSPS) is 10.9. The van der Waals surface area contributed by atoms with E-state index in [1.165, 1.54) is 6.07 Å². The van der Waals surface area contributed by atoms with Crippen LogP contribution in [0.3, 0.4) is 0 Å². The Morgan fingerprint density at radius 2 is 1.68 bits per heavy atom. The number of aromatic hydroxyl groups is 1. The molecule has 0 bridgehead atoms. The standard InChI is InChI=1S/C14H8O5/c15-10-6-5-9-11(14(17)18)12(16)7-3-1-2-4-8(7)13(9)19-10/h1-6,16H,(H,17,18). The number of benzene rings is 2. The summed E-state index contributed by atoms with van der Waals surface area (Å²) in [6.07, 6.45) is 0. The van der Waals surface area contributed by atoms with Crippen molar-refractivity contribution in [1.82, 2.24) is 0 Å². The molecule has 0 saturated carbocycles. The Hall–Kier alpha value is -2.82. The van der Waals surface area contributed by atoms with Crippen LogP contribution in [0.4, 0.5) is 0 Å². The summed E-state index contributed by atoms with van der Waals surface area (Å²) >= 11 is 0. The van der Waals surface area contributed by atoms with Crippen LogP contribution in [0.5, 0.6) is 5.75 Å². The number of aromatic carboxylic acids is 1. The first-order valence-electron chi connectivity index (χ1n) is 5.50. The SMILES string of the molecule is O=C(O)c1c(O)c2ccccc2c2oc(=O)ccc12. The molecule has 0 amide bonds. The Labute approximate surface area is 106 Å². The second kappa shape index (κ2) is 3.84. The minimum atomic E-state index is -1.28. The number of carboxylic acids is 1. The summed E-state index contributed by atoms with van der Waals surface area (Å²) in [4.78, 5) is 22.6. The highest BCUT2D eigenvalue weighted by Crippen LogP contribution is 2.36. The summed E-state index contributed by atoms with van der Waals surface area (Å²) in [6.45, 7) is 0.